The summed E-state index contributed by atoms with van der Waals surface area (Å²) >= 11 is 1.48. The molecule has 0 saturated carbocycles. The van der Waals surface area contributed by atoms with Crippen molar-refractivity contribution in [2.75, 3.05) is 11.9 Å². The predicted octanol–water partition coefficient (Wildman–Crippen LogP) is 3.87. The molecule has 0 bridgehead atoms. The van der Waals surface area contributed by atoms with Crippen LogP contribution in [0.1, 0.15) is 5.56 Å². The Labute approximate surface area is 160 Å². The van der Waals surface area contributed by atoms with E-state index < -0.39 is 0 Å². The number of benzene rings is 2. The minimum absolute atomic E-state index is 0.146. The Morgan fingerprint density at radius 2 is 2.00 bits per heavy atom. The van der Waals surface area contributed by atoms with Gasteiger partial charge in [-0.1, -0.05) is 35.6 Å². The second-order valence-corrected chi connectivity index (χ2v) is 7.30. The highest BCUT2D eigenvalue weighted by Crippen LogP contribution is 2.28. The number of halogens is 1. The first kappa shape index (κ1) is 17.5. The van der Waals surface area contributed by atoms with Crippen LogP contribution in [0.3, 0.4) is 0 Å². The van der Waals surface area contributed by atoms with Crippen LogP contribution in [0.2, 0.25) is 0 Å². The molecule has 2 aromatic carbocycles. The summed E-state index contributed by atoms with van der Waals surface area (Å²) in [7, 11) is 0. The van der Waals surface area contributed by atoms with Gasteiger partial charge in [-0.05, 0) is 41.6 Å². The van der Waals surface area contributed by atoms with Gasteiger partial charge in [0.15, 0.2) is 0 Å². The Morgan fingerprint density at radius 3 is 2.89 bits per heavy atom. The molecular formula is C20H18FN5S. The topological polar surface area (TPSA) is 76.7 Å². The molecule has 0 radical (unpaired) electrons. The molecule has 2 aromatic heterocycles. The zero-order valence-corrected chi connectivity index (χ0v) is 15.3. The summed E-state index contributed by atoms with van der Waals surface area (Å²) in [6.07, 6.45) is 4.21. The van der Waals surface area contributed by atoms with Gasteiger partial charge < -0.3 is 11.1 Å². The van der Waals surface area contributed by atoms with Gasteiger partial charge in [0.25, 0.3) is 0 Å². The third-order valence-corrected chi connectivity index (χ3v) is 5.14. The number of rotatable bonds is 6. The van der Waals surface area contributed by atoms with Crippen molar-refractivity contribution < 1.29 is 4.39 Å². The summed E-state index contributed by atoms with van der Waals surface area (Å²) < 4.78 is 13.3. The van der Waals surface area contributed by atoms with Crippen molar-refractivity contribution >= 4 is 27.2 Å². The fraction of sp³-hybridized carbons (Fsp3) is 0.150. The highest BCUT2D eigenvalue weighted by molar-refractivity contribution is 7.18. The van der Waals surface area contributed by atoms with Crippen LogP contribution in [0.25, 0.3) is 21.3 Å². The quantitative estimate of drug-likeness (QED) is 0.532. The van der Waals surface area contributed by atoms with Crippen LogP contribution in [0, 0.1) is 5.82 Å². The van der Waals surface area contributed by atoms with Crippen molar-refractivity contribution in [3.8, 4) is 10.6 Å². The van der Waals surface area contributed by atoms with Gasteiger partial charge in [0, 0.05) is 35.9 Å². The molecule has 0 aliphatic carbocycles. The lowest BCUT2D eigenvalue weighted by atomic mass is 10.1. The van der Waals surface area contributed by atoms with E-state index in [9.17, 15) is 4.39 Å². The van der Waals surface area contributed by atoms with Crippen LogP contribution < -0.4 is 11.1 Å². The predicted molar refractivity (Wildman–Crippen MR) is 107 cm³/mol. The minimum Gasteiger partial charge on any atom is -0.359 e. The van der Waals surface area contributed by atoms with Crippen molar-refractivity contribution in [1.82, 2.24) is 15.2 Å². The van der Waals surface area contributed by atoms with E-state index in [1.807, 2.05) is 30.5 Å². The van der Waals surface area contributed by atoms with Crippen molar-refractivity contribution in [1.29, 1.82) is 0 Å². The van der Waals surface area contributed by atoms with Gasteiger partial charge in [-0.2, -0.15) is 0 Å². The van der Waals surface area contributed by atoms with Crippen molar-refractivity contribution in [3.63, 3.8) is 0 Å². The highest BCUT2D eigenvalue weighted by Gasteiger charge is 2.10. The van der Waals surface area contributed by atoms with Gasteiger partial charge in [0.05, 0.1) is 0 Å². The van der Waals surface area contributed by atoms with Gasteiger partial charge in [-0.15, -0.1) is 10.2 Å². The molecule has 0 saturated heterocycles. The maximum Gasteiger partial charge on any atom is 0.206 e. The maximum atomic E-state index is 13.3. The fourth-order valence-corrected chi connectivity index (χ4v) is 3.63. The molecule has 0 amide bonds. The lowest BCUT2D eigenvalue weighted by molar-refractivity contribution is 0.621. The Hall–Kier alpha value is -2.90. The molecule has 1 atom stereocenters. The largest absolute Gasteiger partial charge is 0.359 e. The summed E-state index contributed by atoms with van der Waals surface area (Å²) in [5, 5.41) is 15.4. The standard InChI is InChI=1S/C20H18FN5S/c21-17-3-1-2-13(8-17)9-18(22)12-24-20-26-25-19(27-20)15-4-5-16-11-23-7-6-14(16)10-15/h1-8,10-11,18H,9,12,22H2,(H,24,26)/t18-/m1/s1. The van der Waals surface area contributed by atoms with E-state index in [1.165, 1.54) is 23.5 Å². The summed E-state index contributed by atoms with van der Waals surface area (Å²) in [5.41, 5.74) is 8.05. The molecule has 0 fully saturated rings. The maximum absolute atomic E-state index is 13.3. The number of fused-ring (bicyclic) bond motifs is 1. The number of hydrogen-bond donors (Lipinski definition) is 2. The molecule has 5 nitrogen and oxygen atoms in total. The number of aromatic nitrogens is 3. The Bertz CT molecular complexity index is 1060. The Balaban J connectivity index is 1.40. The first-order valence-corrected chi connectivity index (χ1v) is 9.40. The summed E-state index contributed by atoms with van der Waals surface area (Å²) in [4.78, 5) is 4.13. The minimum atomic E-state index is -0.243. The van der Waals surface area contributed by atoms with Gasteiger partial charge in [-0.3, -0.25) is 4.98 Å². The van der Waals surface area contributed by atoms with Crippen LogP contribution in [0.15, 0.2) is 60.9 Å². The molecule has 136 valence electrons. The summed E-state index contributed by atoms with van der Waals surface area (Å²) in [5.74, 6) is -0.243. The number of pyridine rings is 1. The SMILES string of the molecule is N[C@@H](CNc1nnc(-c2ccc3cnccc3c2)s1)Cc1cccc(F)c1. The Kier molecular flexibility index (Phi) is 5.04. The molecule has 2 heterocycles. The average Bonchev–Trinajstić information content (AvgIpc) is 3.15. The van der Waals surface area contributed by atoms with Gasteiger partial charge in [0.2, 0.25) is 5.13 Å². The third-order valence-electron chi connectivity index (χ3n) is 4.21. The molecule has 4 aromatic rings. The second kappa shape index (κ2) is 7.77. The van der Waals surface area contributed by atoms with E-state index in [2.05, 4.69) is 26.6 Å². The van der Waals surface area contributed by atoms with Gasteiger partial charge >= 0.3 is 0 Å². The molecule has 0 aliphatic heterocycles. The smallest absolute Gasteiger partial charge is 0.206 e. The van der Waals surface area contributed by atoms with E-state index in [0.717, 1.165) is 32.0 Å². The molecular weight excluding hydrogens is 361 g/mol. The third kappa shape index (κ3) is 4.27. The summed E-state index contributed by atoms with van der Waals surface area (Å²) in [6, 6.07) is 14.5. The molecule has 0 aliphatic rings. The summed E-state index contributed by atoms with van der Waals surface area (Å²) in [6.45, 7) is 0.536. The number of nitrogens with one attached hydrogen (secondary N) is 1. The lowest BCUT2D eigenvalue weighted by Crippen LogP contribution is -2.31. The molecule has 4 rings (SSSR count). The van der Waals surface area contributed by atoms with E-state index in [4.69, 9.17) is 5.73 Å². The van der Waals surface area contributed by atoms with Crippen LogP contribution >= 0.6 is 11.3 Å². The van der Waals surface area contributed by atoms with Crippen LogP contribution in [0.5, 0.6) is 0 Å². The number of anilines is 1. The van der Waals surface area contributed by atoms with E-state index in [-0.39, 0.29) is 11.9 Å². The molecule has 0 unspecified atom stereocenters. The average molecular weight is 379 g/mol. The first-order valence-electron chi connectivity index (χ1n) is 8.59. The molecule has 7 heteroatoms. The Morgan fingerprint density at radius 1 is 1.07 bits per heavy atom. The van der Waals surface area contributed by atoms with Gasteiger partial charge in [0.1, 0.15) is 10.8 Å². The molecule has 3 N–H and O–H groups in total. The van der Waals surface area contributed by atoms with E-state index >= 15 is 0 Å². The number of hydrogen-bond acceptors (Lipinski definition) is 6. The highest BCUT2D eigenvalue weighted by atomic mass is 32.1. The van der Waals surface area contributed by atoms with E-state index in [1.54, 1.807) is 12.3 Å². The first-order chi connectivity index (χ1) is 13.2. The van der Waals surface area contributed by atoms with E-state index in [0.29, 0.717) is 13.0 Å². The van der Waals surface area contributed by atoms with Crippen LogP contribution in [-0.4, -0.2) is 27.8 Å². The number of nitrogens with two attached hydrogens (primary N) is 1. The van der Waals surface area contributed by atoms with Crippen molar-refractivity contribution in [2.45, 2.75) is 12.5 Å². The molecule has 0 spiro atoms. The number of nitrogens with zero attached hydrogens (tertiary/aromatic N) is 3. The van der Waals surface area contributed by atoms with Crippen molar-refractivity contribution in [2.24, 2.45) is 5.73 Å². The normalized spacial score (nSPS) is 12.2. The zero-order chi connectivity index (χ0) is 18.6. The van der Waals surface area contributed by atoms with Crippen LogP contribution in [-0.2, 0) is 6.42 Å². The second-order valence-electron chi connectivity index (χ2n) is 6.32. The zero-order valence-electron chi connectivity index (χ0n) is 14.5. The molecule has 27 heavy (non-hydrogen) atoms. The fourth-order valence-electron chi connectivity index (χ4n) is 2.88. The monoisotopic (exact) mass is 379 g/mol. The van der Waals surface area contributed by atoms with Gasteiger partial charge in [-0.25, -0.2) is 4.39 Å². The lowest BCUT2D eigenvalue weighted by Gasteiger charge is -2.12. The van der Waals surface area contributed by atoms with Crippen molar-refractivity contribution in [3.05, 3.63) is 72.3 Å². The van der Waals surface area contributed by atoms with Crippen LogP contribution in [0.4, 0.5) is 9.52 Å².